The molecule has 28 heavy (non-hydrogen) atoms. The normalized spacial score (nSPS) is 21.9. The van der Waals surface area contributed by atoms with E-state index in [4.69, 9.17) is 4.74 Å². The fraction of sp³-hybridized carbons (Fsp3) is 0.304. The summed E-state index contributed by atoms with van der Waals surface area (Å²) in [5.41, 5.74) is 1.39. The molecule has 1 aromatic carbocycles. The molecule has 0 saturated heterocycles. The van der Waals surface area contributed by atoms with Crippen LogP contribution in [0.2, 0.25) is 0 Å². The molecule has 0 spiro atoms. The molecule has 0 unspecified atom stereocenters. The summed E-state index contributed by atoms with van der Waals surface area (Å²) in [6.07, 6.45) is 7.15. The molecule has 0 radical (unpaired) electrons. The highest BCUT2D eigenvalue weighted by Gasteiger charge is 2.32. The summed E-state index contributed by atoms with van der Waals surface area (Å²) >= 11 is 0. The predicted molar refractivity (Wildman–Crippen MR) is 110 cm³/mol. The summed E-state index contributed by atoms with van der Waals surface area (Å²) in [7, 11) is 0. The highest BCUT2D eigenvalue weighted by atomic mass is 16.5. The van der Waals surface area contributed by atoms with Crippen LogP contribution in [0.25, 0.3) is 0 Å². The van der Waals surface area contributed by atoms with Crippen molar-refractivity contribution in [3.8, 4) is 11.6 Å². The van der Waals surface area contributed by atoms with Crippen molar-refractivity contribution in [2.45, 2.75) is 44.1 Å². The molecule has 5 nitrogen and oxygen atoms in total. The van der Waals surface area contributed by atoms with Gasteiger partial charge in [0.15, 0.2) is 0 Å². The zero-order chi connectivity index (χ0) is 19.4. The number of hydrogen-bond acceptors (Lipinski definition) is 5. The molecule has 0 amide bonds. The lowest BCUT2D eigenvalue weighted by molar-refractivity contribution is 0.0142. The Hall–Kier alpha value is -2.92. The summed E-state index contributed by atoms with van der Waals surface area (Å²) in [6, 6.07) is 17.5. The highest BCUT2D eigenvalue weighted by Crippen LogP contribution is 2.41. The molecular formula is C23H25N3O2. The van der Waals surface area contributed by atoms with E-state index in [-0.39, 0.29) is 5.92 Å². The molecule has 0 bridgehead atoms. The minimum Gasteiger partial charge on any atom is -0.439 e. The highest BCUT2D eigenvalue weighted by molar-refractivity contribution is 5.57. The van der Waals surface area contributed by atoms with Crippen LogP contribution in [0.4, 0.5) is 11.5 Å². The molecular weight excluding hydrogens is 350 g/mol. The van der Waals surface area contributed by atoms with Crippen LogP contribution in [0, 0.1) is 0 Å². The second-order valence-electron chi connectivity index (χ2n) is 7.65. The quantitative estimate of drug-likeness (QED) is 0.623. The van der Waals surface area contributed by atoms with Crippen molar-refractivity contribution >= 4 is 11.5 Å². The van der Waals surface area contributed by atoms with Crippen LogP contribution in [0.3, 0.4) is 0 Å². The maximum Gasteiger partial charge on any atom is 0.222 e. The smallest absolute Gasteiger partial charge is 0.222 e. The minimum atomic E-state index is -0.616. The lowest BCUT2D eigenvalue weighted by Gasteiger charge is -2.34. The topological polar surface area (TPSA) is 67.3 Å². The van der Waals surface area contributed by atoms with Crippen LogP contribution in [0.1, 0.15) is 44.1 Å². The second-order valence-corrected chi connectivity index (χ2v) is 7.65. The monoisotopic (exact) mass is 375 g/mol. The largest absolute Gasteiger partial charge is 0.439 e. The Morgan fingerprint density at radius 1 is 1.04 bits per heavy atom. The fourth-order valence-electron chi connectivity index (χ4n) is 3.83. The van der Waals surface area contributed by atoms with Gasteiger partial charge in [0.1, 0.15) is 11.6 Å². The van der Waals surface area contributed by atoms with Crippen LogP contribution in [-0.4, -0.2) is 20.7 Å². The van der Waals surface area contributed by atoms with Gasteiger partial charge in [0.2, 0.25) is 5.88 Å². The Labute approximate surface area is 165 Å². The lowest BCUT2D eigenvalue weighted by Crippen LogP contribution is -2.30. The van der Waals surface area contributed by atoms with Gasteiger partial charge in [-0.15, -0.1) is 0 Å². The van der Waals surface area contributed by atoms with Crippen molar-refractivity contribution in [2.75, 3.05) is 5.32 Å². The number of aliphatic hydroxyl groups is 1. The van der Waals surface area contributed by atoms with Crippen molar-refractivity contribution < 1.29 is 9.84 Å². The van der Waals surface area contributed by atoms with Gasteiger partial charge in [-0.1, -0.05) is 12.1 Å². The van der Waals surface area contributed by atoms with Crippen molar-refractivity contribution in [3.63, 3.8) is 0 Å². The summed E-state index contributed by atoms with van der Waals surface area (Å²) in [5, 5.41) is 13.7. The van der Waals surface area contributed by atoms with Crippen LogP contribution in [-0.2, 0) is 0 Å². The number of ether oxygens (including phenoxy) is 1. The lowest BCUT2D eigenvalue weighted by atomic mass is 9.76. The maximum atomic E-state index is 10.5. The fourth-order valence-corrected chi connectivity index (χ4v) is 3.83. The van der Waals surface area contributed by atoms with Gasteiger partial charge in [-0.2, -0.15) is 0 Å². The van der Waals surface area contributed by atoms with Crippen molar-refractivity contribution in [1.82, 2.24) is 9.97 Å². The van der Waals surface area contributed by atoms with Gasteiger partial charge >= 0.3 is 0 Å². The van der Waals surface area contributed by atoms with E-state index in [1.54, 1.807) is 12.4 Å². The first-order valence-electron chi connectivity index (χ1n) is 9.72. The summed E-state index contributed by atoms with van der Waals surface area (Å²) in [5.74, 6) is 2.41. The molecule has 5 heteroatoms. The number of hydrogen-bond donors (Lipinski definition) is 2. The van der Waals surface area contributed by atoms with E-state index in [1.165, 1.54) is 0 Å². The average Bonchev–Trinajstić information content (AvgIpc) is 2.70. The van der Waals surface area contributed by atoms with Crippen LogP contribution in [0.5, 0.6) is 11.6 Å². The Bertz CT molecular complexity index is 911. The third-order valence-electron chi connectivity index (χ3n) is 5.20. The standard InChI is InChI=1S/C23H25N3O2/c1-23(27)13-4-6-17(16-23)20-7-5-15-25-22(20)28-19-11-9-18(10-12-19)26-21-8-2-3-14-24-21/h2-3,5,7-12,14-15,17,27H,4,6,13,16H2,1H3,(H,24,26)/t17-,23-/m1/s1. The second kappa shape index (κ2) is 7.98. The van der Waals surface area contributed by atoms with E-state index >= 15 is 0 Å². The third kappa shape index (κ3) is 4.49. The molecule has 1 fully saturated rings. The van der Waals surface area contributed by atoms with E-state index in [1.807, 2.05) is 55.5 Å². The molecule has 2 N–H and O–H groups in total. The molecule has 1 saturated carbocycles. The summed E-state index contributed by atoms with van der Waals surface area (Å²) in [6.45, 7) is 1.92. The Morgan fingerprint density at radius 2 is 1.86 bits per heavy atom. The zero-order valence-electron chi connectivity index (χ0n) is 16.0. The number of benzene rings is 1. The molecule has 4 rings (SSSR count). The van der Waals surface area contributed by atoms with E-state index < -0.39 is 5.60 Å². The summed E-state index contributed by atoms with van der Waals surface area (Å²) in [4.78, 5) is 8.72. The van der Waals surface area contributed by atoms with E-state index in [0.717, 1.165) is 48.5 Å². The first-order chi connectivity index (χ1) is 13.6. The maximum absolute atomic E-state index is 10.5. The minimum absolute atomic E-state index is 0.262. The molecule has 1 aliphatic carbocycles. The molecule has 2 heterocycles. The van der Waals surface area contributed by atoms with Crippen molar-refractivity contribution in [3.05, 3.63) is 72.6 Å². The summed E-state index contributed by atoms with van der Waals surface area (Å²) < 4.78 is 6.10. The van der Waals surface area contributed by atoms with E-state index in [9.17, 15) is 5.11 Å². The molecule has 3 aromatic rings. The first kappa shape index (κ1) is 18.4. The third-order valence-corrected chi connectivity index (χ3v) is 5.20. The van der Waals surface area contributed by atoms with Gasteiger partial charge < -0.3 is 15.2 Å². The molecule has 2 atom stereocenters. The number of nitrogens with one attached hydrogen (secondary N) is 1. The predicted octanol–water partition coefficient (Wildman–Crippen LogP) is 5.42. The van der Waals surface area contributed by atoms with Gasteiger partial charge in [0, 0.05) is 23.6 Å². The van der Waals surface area contributed by atoms with E-state index in [2.05, 4.69) is 21.4 Å². The Balaban J connectivity index is 1.49. The van der Waals surface area contributed by atoms with Gasteiger partial charge in [-0.05, 0) is 81.0 Å². The van der Waals surface area contributed by atoms with Gasteiger partial charge in [0.25, 0.3) is 0 Å². The Kier molecular flexibility index (Phi) is 5.26. The van der Waals surface area contributed by atoms with Crippen molar-refractivity contribution in [1.29, 1.82) is 0 Å². The number of aromatic nitrogens is 2. The van der Waals surface area contributed by atoms with Crippen LogP contribution in [0.15, 0.2) is 67.0 Å². The number of pyridine rings is 2. The molecule has 1 aliphatic rings. The van der Waals surface area contributed by atoms with Crippen LogP contribution < -0.4 is 10.1 Å². The SMILES string of the molecule is C[C@@]1(O)CCC[C@@H](c2cccnc2Oc2ccc(Nc3ccccn3)cc2)C1. The number of nitrogens with zero attached hydrogens (tertiary/aromatic N) is 2. The average molecular weight is 375 g/mol. The molecule has 144 valence electrons. The van der Waals surface area contributed by atoms with E-state index in [0.29, 0.717) is 5.88 Å². The molecule has 0 aliphatic heterocycles. The van der Waals surface area contributed by atoms with Crippen molar-refractivity contribution in [2.24, 2.45) is 0 Å². The van der Waals surface area contributed by atoms with Crippen LogP contribution >= 0.6 is 0 Å². The number of anilines is 2. The van der Waals surface area contributed by atoms with Gasteiger partial charge in [-0.25, -0.2) is 9.97 Å². The molecule has 2 aromatic heterocycles. The Morgan fingerprint density at radius 3 is 2.61 bits per heavy atom. The number of rotatable bonds is 5. The zero-order valence-corrected chi connectivity index (χ0v) is 16.0. The van der Waals surface area contributed by atoms with Gasteiger partial charge in [0.05, 0.1) is 5.60 Å². The first-order valence-corrected chi connectivity index (χ1v) is 9.72. The van der Waals surface area contributed by atoms with Gasteiger partial charge in [-0.3, -0.25) is 0 Å².